The summed E-state index contributed by atoms with van der Waals surface area (Å²) >= 11 is 5.96. The minimum atomic E-state index is -0.785. The number of carbonyl (C=O) groups is 1. The van der Waals surface area contributed by atoms with Crippen LogP contribution in [0.25, 0.3) is 6.08 Å². The maximum Gasteiger partial charge on any atom is 0.253 e. The van der Waals surface area contributed by atoms with Crippen LogP contribution >= 0.6 is 11.6 Å². The molecule has 1 aromatic rings. The van der Waals surface area contributed by atoms with Crippen molar-refractivity contribution >= 4 is 23.6 Å². The zero-order valence-corrected chi connectivity index (χ0v) is 12.0. The molecule has 1 atom stereocenters. The summed E-state index contributed by atoms with van der Waals surface area (Å²) in [6.07, 6.45) is 2.43. The second kappa shape index (κ2) is 4.79. The highest BCUT2D eigenvalue weighted by molar-refractivity contribution is 6.30. The summed E-state index contributed by atoms with van der Waals surface area (Å²) in [5.74, 6) is 0.660. The molecule has 1 unspecified atom stereocenters. The summed E-state index contributed by atoms with van der Waals surface area (Å²) < 4.78 is 5.59. The van der Waals surface area contributed by atoms with E-state index >= 15 is 0 Å². The fraction of sp³-hybridized carbons (Fsp3) is 0.400. The fourth-order valence-corrected chi connectivity index (χ4v) is 2.77. The van der Waals surface area contributed by atoms with Crippen LogP contribution in [0, 0.1) is 0 Å². The highest BCUT2D eigenvalue weighted by Crippen LogP contribution is 2.30. The van der Waals surface area contributed by atoms with Crippen molar-refractivity contribution in [1.82, 2.24) is 4.90 Å². The largest absolute Gasteiger partial charge is 0.488 e. The predicted molar refractivity (Wildman–Crippen MR) is 76.7 cm³/mol. The Labute approximate surface area is 122 Å². The Morgan fingerprint density at radius 2 is 2.30 bits per heavy atom. The maximum atomic E-state index is 12.4. The predicted octanol–water partition coefficient (Wildman–Crippen LogP) is 2.10. The molecule has 0 radical (unpaired) electrons. The Morgan fingerprint density at radius 3 is 3.00 bits per heavy atom. The van der Waals surface area contributed by atoms with E-state index in [1.807, 2.05) is 6.08 Å². The number of nitrogens with zero attached hydrogens (tertiary/aromatic N) is 1. The van der Waals surface area contributed by atoms with Crippen molar-refractivity contribution in [3.63, 3.8) is 0 Å². The van der Waals surface area contributed by atoms with Crippen molar-refractivity contribution in [2.45, 2.75) is 18.9 Å². The molecule has 1 N–H and O–H groups in total. The molecule has 3 rings (SSSR count). The molecule has 1 saturated heterocycles. The minimum absolute atomic E-state index is 0.0756. The number of hydrogen-bond acceptors (Lipinski definition) is 3. The molecule has 1 fully saturated rings. The molecule has 106 valence electrons. The van der Waals surface area contributed by atoms with Crippen molar-refractivity contribution < 1.29 is 14.6 Å². The zero-order chi connectivity index (χ0) is 14.3. The number of ether oxygens (including phenoxy) is 1. The van der Waals surface area contributed by atoms with Gasteiger partial charge >= 0.3 is 0 Å². The first-order chi connectivity index (χ1) is 9.44. The Morgan fingerprint density at radius 1 is 1.50 bits per heavy atom. The first-order valence-electron chi connectivity index (χ1n) is 6.59. The molecule has 2 aliphatic rings. The van der Waals surface area contributed by atoms with Crippen LogP contribution in [0.1, 0.15) is 18.9 Å². The third-order valence-corrected chi connectivity index (χ3v) is 3.93. The Bertz CT molecular complexity index is 595. The first kappa shape index (κ1) is 13.5. The average molecular weight is 294 g/mol. The SMILES string of the molecule is CC1(O)CCN(C(=O)C2=Cc3cc(Cl)ccc3OC2)C1. The maximum absolute atomic E-state index is 12.4. The molecule has 2 aliphatic heterocycles. The third-order valence-electron chi connectivity index (χ3n) is 3.70. The topological polar surface area (TPSA) is 49.8 Å². The molecule has 1 amide bonds. The number of fused-ring (bicyclic) bond motifs is 1. The molecule has 1 aromatic carbocycles. The molecular formula is C15H16ClNO3. The molecule has 0 aromatic heterocycles. The van der Waals surface area contributed by atoms with Gasteiger partial charge in [0.2, 0.25) is 0 Å². The number of aliphatic hydroxyl groups is 1. The molecule has 0 spiro atoms. The van der Waals surface area contributed by atoms with E-state index in [1.165, 1.54) is 0 Å². The molecule has 4 nitrogen and oxygen atoms in total. The van der Waals surface area contributed by atoms with Gasteiger partial charge in [0.15, 0.2) is 0 Å². The van der Waals surface area contributed by atoms with Gasteiger partial charge < -0.3 is 14.7 Å². The van der Waals surface area contributed by atoms with Crippen molar-refractivity contribution in [3.05, 3.63) is 34.4 Å². The van der Waals surface area contributed by atoms with Crippen molar-refractivity contribution in [1.29, 1.82) is 0 Å². The zero-order valence-electron chi connectivity index (χ0n) is 11.2. The number of hydrogen-bond donors (Lipinski definition) is 1. The van der Waals surface area contributed by atoms with Crippen LogP contribution in [0.4, 0.5) is 0 Å². The molecule has 5 heteroatoms. The van der Waals surface area contributed by atoms with E-state index in [0.717, 1.165) is 11.3 Å². The molecule has 20 heavy (non-hydrogen) atoms. The van der Waals surface area contributed by atoms with Gasteiger partial charge in [0.1, 0.15) is 12.4 Å². The van der Waals surface area contributed by atoms with Crippen molar-refractivity contribution in [2.75, 3.05) is 19.7 Å². The van der Waals surface area contributed by atoms with Crippen LogP contribution < -0.4 is 4.74 Å². The van der Waals surface area contributed by atoms with Crippen molar-refractivity contribution in [3.8, 4) is 5.75 Å². The van der Waals surface area contributed by atoms with Gasteiger partial charge in [-0.1, -0.05) is 11.6 Å². The standard InChI is InChI=1S/C15H16ClNO3/c1-15(19)4-5-17(9-15)14(18)11-6-10-7-12(16)2-3-13(10)20-8-11/h2-3,6-7,19H,4-5,8-9H2,1H3. The van der Waals surface area contributed by atoms with Crippen LogP contribution in [-0.2, 0) is 4.79 Å². The van der Waals surface area contributed by atoms with Gasteiger partial charge in [-0.05, 0) is 37.6 Å². The second-order valence-electron chi connectivity index (χ2n) is 5.61. The van der Waals surface area contributed by atoms with Crippen LogP contribution in [0.5, 0.6) is 5.75 Å². The van der Waals surface area contributed by atoms with Gasteiger partial charge in [-0.25, -0.2) is 0 Å². The van der Waals surface area contributed by atoms with E-state index in [1.54, 1.807) is 30.0 Å². The van der Waals surface area contributed by atoms with E-state index < -0.39 is 5.60 Å². The van der Waals surface area contributed by atoms with Crippen LogP contribution in [0.2, 0.25) is 5.02 Å². The summed E-state index contributed by atoms with van der Waals surface area (Å²) in [7, 11) is 0. The number of carbonyl (C=O) groups excluding carboxylic acids is 1. The lowest BCUT2D eigenvalue weighted by Gasteiger charge is -2.23. The van der Waals surface area contributed by atoms with Gasteiger partial charge in [-0.3, -0.25) is 4.79 Å². The second-order valence-corrected chi connectivity index (χ2v) is 6.05. The Hall–Kier alpha value is -1.52. The highest BCUT2D eigenvalue weighted by atomic mass is 35.5. The van der Waals surface area contributed by atoms with Crippen LogP contribution in [0.15, 0.2) is 23.8 Å². The lowest BCUT2D eigenvalue weighted by Crippen LogP contribution is -2.36. The summed E-state index contributed by atoms with van der Waals surface area (Å²) in [6.45, 7) is 2.95. The van der Waals surface area contributed by atoms with E-state index in [0.29, 0.717) is 30.1 Å². The molecule has 2 heterocycles. The average Bonchev–Trinajstić information content (AvgIpc) is 2.77. The number of benzene rings is 1. The van der Waals surface area contributed by atoms with Crippen LogP contribution in [0.3, 0.4) is 0 Å². The van der Waals surface area contributed by atoms with E-state index in [4.69, 9.17) is 16.3 Å². The normalized spacial score (nSPS) is 24.9. The molecule has 0 aliphatic carbocycles. The molecule has 0 bridgehead atoms. The summed E-state index contributed by atoms with van der Waals surface area (Å²) in [6, 6.07) is 5.35. The Balaban J connectivity index is 1.83. The van der Waals surface area contributed by atoms with E-state index in [2.05, 4.69) is 0 Å². The number of β-amino-alcohol motifs (C(OH)–C–C–N with tert-alkyl or cyclic N) is 1. The molecular weight excluding hydrogens is 278 g/mol. The van der Waals surface area contributed by atoms with Crippen LogP contribution in [-0.4, -0.2) is 41.2 Å². The lowest BCUT2D eigenvalue weighted by molar-refractivity contribution is -0.127. The number of likely N-dealkylation sites (tertiary alicyclic amines) is 1. The number of halogens is 1. The highest BCUT2D eigenvalue weighted by Gasteiger charge is 2.35. The van der Waals surface area contributed by atoms with E-state index in [-0.39, 0.29) is 12.5 Å². The quantitative estimate of drug-likeness (QED) is 0.863. The summed E-state index contributed by atoms with van der Waals surface area (Å²) in [4.78, 5) is 14.1. The fourth-order valence-electron chi connectivity index (χ4n) is 2.59. The number of rotatable bonds is 1. The van der Waals surface area contributed by atoms with Gasteiger partial charge in [0, 0.05) is 23.7 Å². The Kier molecular flexibility index (Phi) is 3.22. The molecule has 0 saturated carbocycles. The monoisotopic (exact) mass is 293 g/mol. The summed E-state index contributed by atoms with van der Waals surface area (Å²) in [5.41, 5.74) is 0.628. The van der Waals surface area contributed by atoms with Gasteiger partial charge in [0.05, 0.1) is 11.2 Å². The first-order valence-corrected chi connectivity index (χ1v) is 6.97. The lowest BCUT2D eigenvalue weighted by atomic mass is 10.1. The van der Waals surface area contributed by atoms with Gasteiger partial charge in [0.25, 0.3) is 5.91 Å². The van der Waals surface area contributed by atoms with E-state index in [9.17, 15) is 9.90 Å². The van der Waals surface area contributed by atoms with Crippen molar-refractivity contribution in [2.24, 2.45) is 0 Å². The third kappa shape index (κ3) is 2.53. The van der Waals surface area contributed by atoms with Gasteiger partial charge in [-0.15, -0.1) is 0 Å². The smallest absolute Gasteiger partial charge is 0.253 e. The number of amides is 1. The summed E-state index contributed by atoms with van der Waals surface area (Å²) in [5, 5.41) is 10.6. The minimum Gasteiger partial charge on any atom is -0.488 e. The van der Waals surface area contributed by atoms with Gasteiger partial charge in [-0.2, -0.15) is 0 Å².